The molecule has 1 saturated heterocycles. The summed E-state index contributed by atoms with van der Waals surface area (Å²) in [7, 11) is 2.46. The third-order valence-corrected chi connectivity index (χ3v) is 4.72. The average Bonchev–Trinajstić information content (AvgIpc) is 3.35. The molecule has 168 valence electrons. The number of imide groups is 1. The number of ether oxygens (including phenoxy) is 3. The van der Waals surface area contributed by atoms with E-state index in [1.807, 2.05) is 0 Å². The standard InChI is InChI=1S/C21H19ClN2O8/c1-11(19(26)29-2)31-16-6-4-12(8-14(16)22)9-15-18(25)24(21(28)23-15)10-13-5-7-17(32-13)20(27)30-3/h4-9,11H,10H2,1-3H3,(H,23,28). The van der Waals surface area contributed by atoms with Gasteiger partial charge in [0, 0.05) is 0 Å². The zero-order valence-corrected chi connectivity index (χ0v) is 18.1. The third-order valence-electron chi connectivity index (χ3n) is 4.43. The van der Waals surface area contributed by atoms with E-state index in [-0.39, 0.29) is 34.5 Å². The molecule has 2 aromatic rings. The number of esters is 2. The largest absolute Gasteiger partial charge is 0.477 e. The van der Waals surface area contributed by atoms with Crippen LogP contribution in [-0.4, -0.2) is 49.1 Å². The molecule has 1 aromatic heterocycles. The number of rotatable bonds is 7. The lowest BCUT2D eigenvalue weighted by atomic mass is 10.2. The van der Waals surface area contributed by atoms with Crippen LogP contribution in [0.15, 0.2) is 40.4 Å². The lowest BCUT2D eigenvalue weighted by molar-refractivity contribution is -0.147. The maximum atomic E-state index is 12.7. The molecular weight excluding hydrogens is 444 g/mol. The van der Waals surface area contributed by atoms with Crippen LogP contribution in [-0.2, 0) is 25.6 Å². The van der Waals surface area contributed by atoms with Gasteiger partial charge in [0.05, 0.1) is 25.8 Å². The van der Waals surface area contributed by atoms with Gasteiger partial charge in [0.15, 0.2) is 6.10 Å². The van der Waals surface area contributed by atoms with E-state index in [9.17, 15) is 19.2 Å². The zero-order valence-electron chi connectivity index (χ0n) is 17.3. The lowest BCUT2D eigenvalue weighted by Crippen LogP contribution is -2.30. The molecule has 0 spiro atoms. The smallest absolute Gasteiger partial charge is 0.373 e. The monoisotopic (exact) mass is 462 g/mol. The Bertz CT molecular complexity index is 1110. The summed E-state index contributed by atoms with van der Waals surface area (Å²) in [4.78, 5) is 48.8. The lowest BCUT2D eigenvalue weighted by Gasteiger charge is -2.13. The SMILES string of the molecule is COC(=O)c1ccc(CN2C(=O)NC(=Cc3ccc(OC(C)C(=O)OC)c(Cl)c3)C2=O)o1. The van der Waals surface area contributed by atoms with Gasteiger partial charge in [-0.25, -0.2) is 14.4 Å². The molecule has 3 amide bonds. The molecule has 32 heavy (non-hydrogen) atoms. The van der Waals surface area contributed by atoms with Gasteiger partial charge in [-0.05, 0) is 42.8 Å². The summed E-state index contributed by atoms with van der Waals surface area (Å²) in [5.74, 6) is -1.35. The van der Waals surface area contributed by atoms with E-state index in [2.05, 4.69) is 14.8 Å². The van der Waals surface area contributed by atoms with Gasteiger partial charge in [0.2, 0.25) is 5.76 Å². The minimum atomic E-state index is -0.854. The molecule has 3 rings (SSSR count). The number of furan rings is 1. The number of carbonyl (C=O) groups excluding carboxylic acids is 4. The molecule has 10 nitrogen and oxygen atoms in total. The predicted molar refractivity (Wildman–Crippen MR) is 111 cm³/mol. The number of urea groups is 1. The number of hydrogen-bond acceptors (Lipinski definition) is 8. The number of benzene rings is 1. The molecule has 1 aliphatic rings. The second-order valence-electron chi connectivity index (χ2n) is 6.61. The van der Waals surface area contributed by atoms with Crippen molar-refractivity contribution < 1.29 is 37.8 Å². The molecule has 1 atom stereocenters. The molecule has 2 heterocycles. The number of nitrogens with zero attached hydrogens (tertiary/aromatic N) is 1. The number of carbonyl (C=O) groups is 4. The van der Waals surface area contributed by atoms with E-state index in [1.54, 1.807) is 6.07 Å². The number of halogens is 1. The Labute approximate surface area is 187 Å². The van der Waals surface area contributed by atoms with Gasteiger partial charge in [0.1, 0.15) is 17.2 Å². The Morgan fingerprint density at radius 3 is 2.59 bits per heavy atom. The molecule has 0 bridgehead atoms. The first-order valence-corrected chi connectivity index (χ1v) is 9.67. The highest BCUT2D eigenvalue weighted by molar-refractivity contribution is 6.32. The van der Waals surface area contributed by atoms with Gasteiger partial charge in [-0.2, -0.15) is 0 Å². The fourth-order valence-corrected chi connectivity index (χ4v) is 3.05. The summed E-state index contributed by atoms with van der Waals surface area (Å²) in [6.45, 7) is 1.35. The number of hydrogen-bond donors (Lipinski definition) is 1. The number of amides is 3. The molecular formula is C21H19ClN2O8. The second kappa shape index (κ2) is 9.56. The van der Waals surface area contributed by atoms with Gasteiger partial charge in [-0.3, -0.25) is 9.69 Å². The number of methoxy groups -OCH3 is 2. The van der Waals surface area contributed by atoms with E-state index >= 15 is 0 Å². The molecule has 11 heteroatoms. The van der Waals surface area contributed by atoms with Gasteiger partial charge in [0.25, 0.3) is 5.91 Å². The summed E-state index contributed by atoms with van der Waals surface area (Å²) in [5.41, 5.74) is 0.548. The van der Waals surface area contributed by atoms with Crippen molar-refractivity contribution in [1.82, 2.24) is 10.2 Å². The van der Waals surface area contributed by atoms with Crippen LogP contribution in [0.5, 0.6) is 5.75 Å². The summed E-state index contributed by atoms with van der Waals surface area (Å²) in [6, 6.07) is 6.88. The van der Waals surface area contributed by atoms with Crippen molar-refractivity contribution >= 4 is 41.6 Å². The Balaban J connectivity index is 1.72. The number of nitrogens with one attached hydrogen (secondary N) is 1. The molecule has 1 unspecified atom stereocenters. The van der Waals surface area contributed by atoms with Crippen LogP contribution in [0.25, 0.3) is 6.08 Å². The Hall–Kier alpha value is -3.79. The van der Waals surface area contributed by atoms with Crippen molar-refractivity contribution in [3.63, 3.8) is 0 Å². The summed E-state index contributed by atoms with van der Waals surface area (Å²) in [5, 5.41) is 2.69. The highest BCUT2D eigenvalue weighted by Gasteiger charge is 2.34. The normalized spacial score (nSPS) is 15.5. The quantitative estimate of drug-likeness (QED) is 0.378. The topological polar surface area (TPSA) is 124 Å². The molecule has 1 fully saturated rings. The first-order chi connectivity index (χ1) is 15.2. The highest BCUT2D eigenvalue weighted by Crippen LogP contribution is 2.28. The average molecular weight is 463 g/mol. The molecule has 0 saturated carbocycles. The van der Waals surface area contributed by atoms with Crippen molar-refractivity contribution in [2.75, 3.05) is 14.2 Å². The van der Waals surface area contributed by atoms with Crippen molar-refractivity contribution in [2.24, 2.45) is 0 Å². The summed E-state index contributed by atoms with van der Waals surface area (Å²) < 4.78 is 19.9. The Morgan fingerprint density at radius 1 is 1.19 bits per heavy atom. The van der Waals surface area contributed by atoms with Crippen molar-refractivity contribution in [2.45, 2.75) is 19.6 Å². The van der Waals surface area contributed by atoms with Gasteiger partial charge >= 0.3 is 18.0 Å². The maximum Gasteiger partial charge on any atom is 0.373 e. The van der Waals surface area contributed by atoms with Crippen LogP contribution >= 0.6 is 11.6 Å². The van der Waals surface area contributed by atoms with Crippen LogP contribution in [0.2, 0.25) is 5.02 Å². The second-order valence-corrected chi connectivity index (χ2v) is 7.02. The predicted octanol–water partition coefficient (Wildman–Crippen LogP) is 2.75. The Kier molecular flexibility index (Phi) is 6.84. The van der Waals surface area contributed by atoms with Crippen LogP contribution < -0.4 is 10.1 Å². The fourth-order valence-electron chi connectivity index (χ4n) is 2.82. The molecule has 1 aromatic carbocycles. The van der Waals surface area contributed by atoms with E-state index in [0.29, 0.717) is 5.56 Å². The van der Waals surface area contributed by atoms with Crippen molar-refractivity contribution in [1.29, 1.82) is 0 Å². The highest BCUT2D eigenvalue weighted by atomic mass is 35.5. The van der Waals surface area contributed by atoms with Crippen LogP contribution in [0, 0.1) is 0 Å². The van der Waals surface area contributed by atoms with Crippen LogP contribution in [0.3, 0.4) is 0 Å². The summed E-state index contributed by atoms with van der Waals surface area (Å²) in [6.07, 6.45) is 0.592. The molecule has 0 radical (unpaired) electrons. The maximum absolute atomic E-state index is 12.7. The van der Waals surface area contributed by atoms with E-state index in [1.165, 1.54) is 51.5 Å². The van der Waals surface area contributed by atoms with E-state index in [0.717, 1.165) is 4.90 Å². The van der Waals surface area contributed by atoms with Crippen molar-refractivity contribution in [3.05, 3.63) is 58.1 Å². The van der Waals surface area contributed by atoms with Gasteiger partial charge < -0.3 is 23.9 Å². The third kappa shape index (κ3) is 4.92. The minimum Gasteiger partial charge on any atom is -0.477 e. The van der Waals surface area contributed by atoms with Crippen molar-refractivity contribution in [3.8, 4) is 5.75 Å². The molecule has 1 aliphatic heterocycles. The summed E-state index contributed by atoms with van der Waals surface area (Å²) >= 11 is 6.21. The van der Waals surface area contributed by atoms with E-state index in [4.69, 9.17) is 20.8 Å². The van der Waals surface area contributed by atoms with E-state index < -0.39 is 30.0 Å². The van der Waals surface area contributed by atoms with Crippen LogP contribution in [0.1, 0.15) is 28.8 Å². The Morgan fingerprint density at radius 2 is 1.94 bits per heavy atom. The molecule has 0 aliphatic carbocycles. The zero-order chi connectivity index (χ0) is 23.4. The van der Waals surface area contributed by atoms with Gasteiger partial charge in [-0.15, -0.1) is 0 Å². The fraction of sp³-hybridized carbons (Fsp3) is 0.238. The first-order valence-electron chi connectivity index (χ1n) is 9.29. The first kappa shape index (κ1) is 22.9. The molecule has 1 N–H and O–H groups in total. The van der Waals surface area contributed by atoms with Gasteiger partial charge in [-0.1, -0.05) is 17.7 Å². The minimum absolute atomic E-state index is 0.0300. The van der Waals surface area contributed by atoms with Crippen LogP contribution in [0.4, 0.5) is 4.79 Å².